The van der Waals surface area contributed by atoms with Gasteiger partial charge in [0.05, 0.1) is 11.6 Å². The van der Waals surface area contributed by atoms with Crippen LogP contribution in [-0.4, -0.2) is 36.7 Å². The molecule has 0 unspecified atom stereocenters. The Bertz CT molecular complexity index is 1370. The van der Waals surface area contributed by atoms with Crippen LogP contribution in [0, 0.1) is 10.8 Å². The van der Waals surface area contributed by atoms with Crippen molar-refractivity contribution in [2.75, 3.05) is 20.3 Å². The van der Waals surface area contributed by atoms with Gasteiger partial charge in [-0.2, -0.15) is 0 Å². The molecule has 7 heteroatoms. The van der Waals surface area contributed by atoms with Gasteiger partial charge in [0.1, 0.15) is 12.4 Å². The van der Waals surface area contributed by atoms with E-state index in [1.165, 1.54) is 0 Å². The second kappa shape index (κ2) is 11.1. The molecule has 0 fully saturated rings. The van der Waals surface area contributed by atoms with Crippen LogP contribution in [0.25, 0.3) is 0 Å². The first-order valence-electron chi connectivity index (χ1n) is 13.9. The first-order valence-corrected chi connectivity index (χ1v) is 15.0. The van der Waals surface area contributed by atoms with Crippen LogP contribution in [0.5, 0.6) is 5.75 Å². The average molecular weight is 627 g/mol. The predicted octanol–water partition coefficient (Wildman–Crippen LogP) is 8.01. The molecule has 0 N–H and O–H groups in total. The van der Waals surface area contributed by atoms with Gasteiger partial charge in [-0.25, -0.2) is 0 Å². The molecular formula is C33H37BrClNO4. The van der Waals surface area contributed by atoms with Crippen molar-refractivity contribution in [2.24, 2.45) is 10.8 Å². The van der Waals surface area contributed by atoms with Crippen molar-refractivity contribution in [2.45, 2.75) is 65.9 Å². The van der Waals surface area contributed by atoms with E-state index in [2.05, 4.69) is 48.5 Å². The van der Waals surface area contributed by atoms with Crippen molar-refractivity contribution in [3.63, 3.8) is 0 Å². The highest BCUT2D eigenvalue weighted by Crippen LogP contribution is 2.54. The van der Waals surface area contributed by atoms with Crippen LogP contribution in [0.2, 0.25) is 5.02 Å². The number of methoxy groups -OCH3 is 1. The number of ether oxygens (including phenoxy) is 2. The summed E-state index contributed by atoms with van der Waals surface area (Å²) in [4.78, 5) is 30.0. The van der Waals surface area contributed by atoms with E-state index < -0.39 is 5.92 Å². The Kier molecular flexibility index (Phi) is 8.08. The van der Waals surface area contributed by atoms with Crippen LogP contribution in [0.1, 0.15) is 70.4 Å². The van der Waals surface area contributed by atoms with E-state index in [0.717, 1.165) is 51.0 Å². The maximum absolute atomic E-state index is 13.9. The lowest BCUT2D eigenvalue weighted by Gasteiger charge is -2.49. The second-order valence-electron chi connectivity index (χ2n) is 12.8. The Labute approximate surface area is 250 Å². The summed E-state index contributed by atoms with van der Waals surface area (Å²) >= 11 is 10.4. The number of nitrogens with zero attached hydrogens (tertiary/aromatic N) is 1. The van der Waals surface area contributed by atoms with Gasteiger partial charge in [-0.05, 0) is 47.4 Å². The molecule has 1 aliphatic heterocycles. The summed E-state index contributed by atoms with van der Waals surface area (Å²) < 4.78 is 12.5. The fraction of sp³-hybridized carbons (Fsp3) is 0.455. The highest BCUT2D eigenvalue weighted by molar-refractivity contribution is 9.10. The molecular weight excluding hydrogens is 590 g/mol. The number of hydrogen-bond donors (Lipinski definition) is 0. The Hall–Kier alpha value is -2.41. The molecule has 0 amide bonds. The van der Waals surface area contributed by atoms with Gasteiger partial charge in [0.2, 0.25) is 0 Å². The number of carbonyl (C=O) groups is 2. The Morgan fingerprint density at radius 2 is 1.52 bits per heavy atom. The van der Waals surface area contributed by atoms with E-state index in [1.54, 1.807) is 7.11 Å². The standard InChI is InChI=1S/C33H37BrClNO4/c1-32(2)15-24-30(26(37)17-32)29(31-25(36(24)12-13-39-5)16-33(3,4)18-27(31)38)20-10-11-28(23(35)14-20)40-19-21-8-6-7-9-22(21)34/h6-11,14,29H,12-13,15-19H2,1-5H3. The van der Waals surface area contributed by atoms with Gasteiger partial charge in [-0.15, -0.1) is 0 Å². The fourth-order valence-corrected chi connectivity index (χ4v) is 7.06. The molecule has 1 heterocycles. The molecule has 0 saturated heterocycles. The number of hydrogen-bond acceptors (Lipinski definition) is 5. The molecule has 2 aromatic carbocycles. The molecule has 40 heavy (non-hydrogen) atoms. The summed E-state index contributed by atoms with van der Waals surface area (Å²) in [6.07, 6.45) is 2.42. The lowest BCUT2D eigenvalue weighted by molar-refractivity contribution is -0.119. The summed E-state index contributed by atoms with van der Waals surface area (Å²) in [6.45, 7) is 10.1. The van der Waals surface area contributed by atoms with Crippen molar-refractivity contribution in [3.05, 3.63) is 85.6 Å². The smallest absolute Gasteiger partial charge is 0.162 e. The fourth-order valence-electron chi connectivity index (χ4n) is 6.42. The quantitative estimate of drug-likeness (QED) is 0.312. The third kappa shape index (κ3) is 5.68. The Balaban J connectivity index is 1.60. The SMILES string of the molecule is COCCN1C2=C(C(=O)CC(C)(C)C2)C(c2ccc(OCc3ccccc3Br)c(Cl)c2)C2=C1CC(C)(C)CC2=O. The van der Waals surface area contributed by atoms with Crippen LogP contribution < -0.4 is 4.74 Å². The molecule has 0 saturated carbocycles. The number of benzene rings is 2. The molecule has 2 aliphatic carbocycles. The van der Waals surface area contributed by atoms with E-state index >= 15 is 0 Å². The highest BCUT2D eigenvalue weighted by atomic mass is 79.9. The molecule has 3 aliphatic rings. The lowest BCUT2D eigenvalue weighted by Crippen LogP contribution is -2.45. The van der Waals surface area contributed by atoms with Gasteiger partial charge in [0.15, 0.2) is 11.6 Å². The average Bonchev–Trinajstić information content (AvgIpc) is 2.86. The lowest BCUT2D eigenvalue weighted by atomic mass is 9.63. The van der Waals surface area contributed by atoms with Crippen LogP contribution >= 0.6 is 27.5 Å². The van der Waals surface area contributed by atoms with Crippen LogP contribution in [0.4, 0.5) is 0 Å². The summed E-state index contributed by atoms with van der Waals surface area (Å²) in [5, 5.41) is 0.461. The minimum absolute atomic E-state index is 0.105. The van der Waals surface area contributed by atoms with Gasteiger partial charge >= 0.3 is 0 Å². The maximum Gasteiger partial charge on any atom is 0.162 e. The van der Waals surface area contributed by atoms with E-state index in [4.69, 9.17) is 21.1 Å². The van der Waals surface area contributed by atoms with E-state index in [1.807, 2.05) is 42.5 Å². The molecule has 5 nitrogen and oxygen atoms in total. The number of rotatable bonds is 7. The molecule has 212 valence electrons. The second-order valence-corrected chi connectivity index (χ2v) is 14.0. The van der Waals surface area contributed by atoms with Crippen LogP contribution in [-0.2, 0) is 20.9 Å². The number of carbonyl (C=O) groups excluding carboxylic acids is 2. The van der Waals surface area contributed by atoms with Crippen molar-refractivity contribution in [3.8, 4) is 5.75 Å². The summed E-state index contributed by atoms with van der Waals surface area (Å²) in [7, 11) is 1.69. The predicted molar refractivity (Wildman–Crippen MR) is 161 cm³/mol. The third-order valence-corrected chi connectivity index (χ3v) is 9.24. The number of allylic oxidation sites excluding steroid dienone is 4. The zero-order valence-electron chi connectivity index (χ0n) is 23.9. The largest absolute Gasteiger partial charge is 0.487 e. The molecule has 0 spiro atoms. The molecule has 0 atom stereocenters. The van der Waals surface area contributed by atoms with Gasteiger partial charge in [-0.1, -0.05) is 79.5 Å². The summed E-state index contributed by atoms with van der Waals surface area (Å²) in [5.41, 5.74) is 5.06. The van der Waals surface area contributed by atoms with Gasteiger partial charge in [0, 0.05) is 65.0 Å². The van der Waals surface area contributed by atoms with Crippen molar-refractivity contribution >= 4 is 39.1 Å². The maximum atomic E-state index is 13.9. The number of ketones is 2. The molecule has 5 rings (SSSR count). The Morgan fingerprint density at radius 3 is 2.08 bits per heavy atom. The number of Topliss-reactive ketones (excluding diaryl/α,β-unsaturated/α-hetero) is 2. The van der Waals surface area contributed by atoms with Crippen LogP contribution in [0.3, 0.4) is 0 Å². The Morgan fingerprint density at radius 1 is 0.925 bits per heavy atom. The monoisotopic (exact) mass is 625 g/mol. The van der Waals surface area contributed by atoms with Gasteiger partial charge < -0.3 is 14.4 Å². The first-order chi connectivity index (χ1) is 18.9. The van der Waals surface area contributed by atoms with E-state index in [-0.39, 0.29) is 22.4 Å². The molecule has 0 radical (unpaired) electrons. The summed E-state index contributed by atoms with van der Waals surface area (Å²) in [5.74, 6) is 0.335. The van der Waals surface area contributed by atoms with Gasteiger partial charge in [-0.3, -0.25) is 9.59 Å². The third-order valence-electron chi connectivity index (χ3n) is 8.17. The highest BCUT2D eigenvalue weighted by Gasteiger charge is 2.48. The van der Waals surface area contributed by atoms with Crippen LogP contribution in [0.15, 0.2) is 69.5 Å². The minimum Gasteiger partial charge on any atom is -0.487 e. The van der Waals surface area contributed by atoms with Crippen molar-refractivity contribution in [1.82, 2.24) is 4.90 Å². The topological polar surface area (TPSA) is 55.8 Å². The van der Waals surface area contributed by atoms with E-state index in [0.29, 0.717) is 43.4 Å². The van der Waals surface area contributed by atoms with Crippen molar-refractivity contribution < 1.29 is 19.1 Å². The minimum atomic E-state index is -0.439. The first kappa shape index (κ1) is 29.1. The van der Waals surface area contributed by atoms with E-state index in [9.17, 15) is 9.59 Å². The zero-order valence-corrected chi connectivity index (χ0v) is 26.2. The number of halogens is 2. The molecule has 0 bridgehead atoms. The van der Waals surface area contributed by atoms with Crippen molar-refractivity contribution in [1.29, 1.82) is 0 Å². The summed E-state index contributed by atoms with van der Waals surface area (Å²) in [6, 6.07) is 13.6. The van der Waals surface area contributed by atoms with Gasteiger partial charge in [0.25, 0.3) is 0 Å². The normalized spacial score (nSPS) is 20.5. The molecule has 2 aromatic rings. The zero-order chi connectivity index (χ0) is 28.8. The molecule has 0 aromatic heterocycles.